The Balaban J connectivity index is 1.97. The van der Waals surface area contributed by atoms with Crippen LogP contribution < -0.4 is 5.56 Å². The molecular formula is C27H28F2N2O6S. The number of benzene rings is 2. The van der Waals surface area contributed by atoms with Crippen LogP contribution in [0.2, 0.25) is 0 Å². The third-order valence-electron chi connectivity index (χ3n) is 6.02. The molecule has 0 N–H and O–H groups in total. The first-order chi connectivity index (χ1) is 17.6. The maximum Gasteiger partial charge on any atom is 0.425 e. The smallest absolute Gasteiger partial charge is 0.328 e. The maximum absolute atomic E-state index is 14.9. The Bertz CT molecular complexity index is 1540. The van der Waals surface area contributed by atoms with E-state index in [9.17, 15) is 31.6 Å². The number of carbonyl (C=O) groups is 2. The average molecular weight is 547 g/mol. The van der Waals surface area contributed by atoms with Crippen molar-refractivity contribution in [3.63, 3.8) is 0 Å². The first-order valence-corrected chi connectivity index (χ1v) is 13.2. The molecule has 202 valence electrons. The molecule has 0 unspecified atom stereocenters. The Morgan fingerprint density at radius 2 is 1.63 bits per heavy atom. The second-order valence-electron chi connectivity index (χ2n) is 9.79. The number of halogens is 2. The molecule has 1 amide bonds. The molecule has 0 bridgehead atoms. The molecule has 0 atom stereocenters. The van der Waals surface area contributed by atoms with Crippen LogP contribution in [0, 0.1) is 11.6 Å². The Labute approximate surface area is 219 Å². The summed E-state index contributed by atoms with van der Waals surface area (Å²) in [7, 11) is -1.43. The van der Waals surface area contributed by atoms with Gasteiger partial charge in [-0.2, -0.15) is 8.42 Å². The van der Waals surface area contributed by atoms with E-state index in [1.165, 1.54) is 50.6 Å². The van der Waals surface area contributed by atoms with Crippen molar-refractivity contribution in [2.45, 2.75) is 32.7 Å². The molecule has 2 aromatic carbocycles. The van der Waals surface area contributed by atoms with Gasteiger partial charge in [-0.3, -0.25) is 9.59 Å². The van der Waals surface area contributed by atoms with Crippen LogP contribution >= 0.6 is 0 Å². The highest BCUT2D eigenvalue weighted by Gasteiger charge is 2.28. The van der Waals surface area contributed by atoms with Gasteiger partial charge in [0, 0.05) is 48.6 Å². The van der Waals surface area contributed by atoms with Gasteiger partial charge in [0.2, 0.25) is 0 Å². The van der Waals surface area contributed by atoms with E-state index in [4.69, 9.17) is 4.18 Å². The predicted molar refractivity (Wildman–Crippen MR) is 138 cm³/mol. The first-order valence-electron chi connectivity index (χ1n) is 11.6. The minimum absolute atomic E-state index is 0.0551. The molecule has 0 fully saturated rings. The highest BCUT2D eigenvalue weighted by molar-refractivity contribution is 7.87. The number of ketones is 1. The van der Waals surface area contributed by atoms with Crippen molar-refractivity contribution in [3.05, 3.63) is 93.4 Å². The second-order valence-corrected chi connectivity index (χ2v) is 11.5. The lowest BCUT2D eigenvalue weighted by atomic mass is 9.92. The summed E-state index contributed by atoms with van der Waals surface area (Å²) in [5.74, 6) is -2.48. The molecule has 3 aromatic rings. The van der Waals surface area contributed by atoms with Gasteiger partial charge in [-0.25, -0.2) is 13.6 Å². The molecule has 0 saturated heterocycles. The van der Waals surface area contributed by atoms with E-state index < -0.39 is 50.5 Å². The van der Waals surface area contributed by atoms with Crippen molar-refractivity contribution in [1.82, 2.24) is 9.47 Å². The van der Waals surface area contributed by atoms with Gasteiger partial charge < -0.3 is 13.7 Å². The van der Waals surface area contributed by atoms with Crippen molar-refractivity contribution >= 4 is 22.0 Å². The molecule has 8 nitrogen and oxygen atoms in total. The summed E-state index contributed by atoms with van der Waals surface area (Å²) in [5.41, 5.74) is -0.558. The molecule has 0 aliphatic heterocycles. The summed E-state index contributed by atoms with van der Waals surface area (Å²) >= 11 is 0. The molecule has 0 aliphatic carbocycles. The standard InChI is InChI=1S/C27H28F2N2O6S/c1-27(2,3)31(5)26(34)37-38(35,36)13-12-17-6-11-20(25(33)18-7-9-19(28)10-8-18)21(14-17)22-16-30(4)24(32)15-23(22)29/h6-11,14-16H,12-13H2,1-5H3. The number of hydrogen-bond acceptors (Lipinski definition) is 6. The van der Waals surface area contributed by atoms with Crippen LogP contribution in [0.4, 0.5) is 13.6 Å². The number of amides is 1. The number of carbonyl (C=O) groups excluding carboxylic acids is 2. The Kier molecular flexibility index (Phi) is 8.21. The molecular weight excluding hydrogens is 518 g/mol. The van der Waals surface area contributed by atoms with E-state index in [1.807, 2.05) is 0 Å². The van der Waals surface area contributed by atoms with Gasteiger partial charge in [0.25, 0.3) is 5.56 Å². The van der Waals surface area contributed by atoms with Gasteiger partial charge in [0.15, 0.2) is 5.78 Å². The van der Waals surface area contributed by atoms with Gasteiger partial charge in [0.1, 0.15) is 11.6 Å². The maximum atomic E-state index is 14.9. The van der Waals surface area contributed by atoms with Crippen molar-refractivity contribution in [2.75, 3.05) is 12.8 Å². The highest BCUT2D eigenvalue weighted by Crippen LogP contribution is 2.29. The van der Waals surface area contributed by atoms with E-state index in [0.29, 0.717) is 5.56 Å². The van der Waals surface area contributed by atoms with Crippen LogP contribution in [-0.2, 0) is 27.8 Å². The summed E-state index contributed by atoms with van der Waals surface area (Å²) in [5, 5.41) is 0. The van der Waals surface area contributed by atoms with E-state index >= 15 is 0 Å². The van der Waals surface area contributed by atoms with E-state index in [1.54, 1.807) is 20.8 Å². The summed E-state index contributed by atoms with van der Waals surface area (Å²) in [6.07, 6.45) is 0.102. The lowest BCUT2D eigenvalue weighted by Gasteiger charge is -2.30. The fourth-order valence-electron chi connectivity index (χ4n) is 3.45. The van der Waals surface area contributed by atoms with Crippen molar-refractivity contribution in [1.29, 1.82) is 0 Å². The average Bonchev–Trinajstić information content (AvgIpc) is 2.83. The lowest BCUT2D eigenvalue weighted by molar-refractivity contribution is 0.103. The minimum atomic E-state index is -4.27. The topological polar surface area (TPSA) is 103 Å². The summed E-state index contributed by atoms with van der Waals surface area (Å²) in [6.45, 7) is 5.15. The summed E-state index contributed by atoms with van der Waals surface area (Å²) < 4.78 is 59.1. The fourth-order valence-corrected chi connectivity index (χ4v) is 4.35. The molecule has 38 heavy (non-hydrogen) atoms. The van der Waals surface area contributed by atoms with E-state index in [-0.39, 0.29) is 28.7 Å². The number of rotatable bonds is 7. The quantitative estimate of drug-likeness (QED) is 0.323. The Morgan fingerprint density at radius 3 is 2.24 bits per heavy atom. The third-order valence-corrected chi connectivity index (χ3v) is 7.12. The van der Waals surface area contributed by atoms with Crippen LogP contribution in [0.3, 0.4) is 0 Å². The molecule has 1 heterocycles. The molecule has 0 spiro atoms. The summed E-state index contributed by atoms with van der Waals surface area (Å²) in [6, 6.07) is 9.96. The molecule has 1 aromatic heterocycles. The third kappa shape index (κ3) is 6.71. The van der Waals surface area contributed by atoms with Crippen LogP contribution in [0.5, 0.6) is 0 Å². The normalized spacial score (nSPS) is 11.8. The first kappa shape index (κ1) is 28.7. The Hall–Kier alpha value is -3.86. The molecule has 11 heteroatoms. The number of hydrogen-bond donors (Lipinski definition) is 0. The van der Waals surface area contributed by atoms with Gasteiger partial charge in [-0.05, 0) is 62.6 Å². The van der Waals surface area contributed by atoms with Gasteiger partial charge >= 0.3 is 16.2 Å². The van der Waals surface area contributed by atoms with Crippen LogP contribution in [0.15, 0.2) is 59.5 Å². The zero-order valence-electron chi connectivity index (χ0n) is 21.6. The lowest BCUT2D eigenvalue weighted by Crippen LogP contribution is -2.43. The molecule has 0 saturated carbocycles. The van der Waals surface area contributed by atoms with E-state index in [2.05, 4.69) is 0 Å². The fraction of sp³-hybridized carbons (Fsp3) is 0.296. The van der Waals surface area contributed by atoms with Crippen molar-refractivity contribution in [3.8, 4) is 11.1 Å². The number of nitrogens with zero attached hydrogens (tertiary/aromatic N) is 2. The zero-order valence-corrected chi connectivity index (χ0v) is 22.4. The second kappa shape index (κ2) is 10.9. The number of aryl methyl sites for hydroxylation is 2. The van der Waals surface area contributed by atoms with E-state index in [0.717, 1.165) is 27.7 Å². The minimum Gasteiger partial charge on any atom is -0.328 e. The monoisotopic (exact) mass is 546 g/mol. The number of aromatic nitrogens is 1. The largest absolute Gasteiger partial charge is 0.425 e. The van der Waals surface area contributed by atoms with Crippen molar-refractivity contribution in [2.24, 2.45) is 7.05 Å². The summed E-state index contributed by atoms with van der Waals surface area (Å²) in [4.78, 5) is 38.5. The van der Waals surface area contributed by atoms with Gasteiger partial charge in [0.05, 0.1) is 5.75 Å². The van der Waals surface area contributed by atoms with Crippen LogP contribution in [-0.4, -0.2) is 48.1 Å². The van der Waals surface area contributed by atoms with Gasteiger partial charge in [-0.1, -0.05) is 18.2 Å². The Morgan fingerprint density at radius 1 is 1.00 bits per heavy atom. The molecule has 0 aliphatic rings. The zero-order chi connectivity index (χ0) is 28.4. The van der Waals surface area contributed by atoms with Crippen molar-refractivity contribution < 1.29 is 31.0 Å². The van der Waals surface area contributed by atoms with Gasteiger partial charge in [-0.15, -0.1) is 0 Å². The highest BCUT2D eigenvalue weighted by atomic mass is 32.2. The molecule has 3 rings (SSSR count). The van der Waals surface area contributed by atoms with Crippen LogP contribution in [0.1, 0.15) is 42.3 Å². The predicted octanol–water partition coefficient (Wildman–Crippen LogP) is 4.30. The molecule has 0 radical (unpaired) electrons. The SMILES string of the molecule is CN(C(=O)OS(=O)(=O)CCc1ccc(C(=O)c2ccc(F)cc2)c(-c2cn(C)c(=O)cc2F)c1)C(C)(C)C. The van der Waals surface area contributed by atoms with Crippen LogP contribution in [0.25, 0.3) is 11.1 Å². The number of pyridine rings is 1.